The molecule has 0 saturated carbocycles. The second-order valence-electron chi connectivity index (χ2n) is 10.3. The van der Waals surface area contributed by atoms with Crippen LogP contribution in [0.25, 0.3) is 0 Å². The summed E-state index contributed by atoms with van der Waals surface area (Å²) >= 11 is 0. The molecule has 1 heterocycles. The van der Waals surface area contributed by atoms with Crippen molar-refractivity contribution in [3.8, 4) is 5.75 Å². The molecule has 0 unspecified atom stereocenters. The van der Waals surface area contributed by atoms with Gasteiger partial charge in [0.05, 0.1) is 18.1 Å². The van der Waals surface area contributed by atoms with Gasteiger partial charge in [-0.05, 0) is 41.0 Å². The van der Waals surface area contributed by atoms with Gasteiger partial charge in [0, 0.05) is 26.2 Å². The molecule has 4 aromatic carbocycles. The van der Waals surface area contributed by atoms with E-state index in [-0.39, 0.29) is 24.0 Å². The average Bonchev–Trinajstić information content (AvgIpc) is 3.08. The number of sulfonamides is 1. The smallest absolute Gasteiger partial charge is 0.261 e. The normalized spacial score (nSPS) is 14.4. The zero-order valence-corrected chi connectivity index (χ0v) is 25.1. The van der Waals surface area contributed by atoms with Crippen LogP contribution in [0.5, 0.6) is 5.75 Å². The lowest BCUT2D eigenvalue weighted by atomic mass is 10.0. The number of hydrogen-bond donors (Lipinski definition) is 1. The third kappa shape index (κ3) is 7.90. The highest BCUT2D eigenvalue weighted by Crippen LogP contribution is 2.25. The molecule has 4 aromatic rings. The van der Waals surface area contributed by atoms with Crippen molar-refractivity contribution in [1.82, 2.24) is 14.5 Å². The fourth-order valence-corrected chi connectivity index (χ4v) is 6.37. The van der Waals surface area contributed by atoms with E-state index in [0.29, 0.717) is 44.2 Å². The summed E-state index contributed by atoms with van der Waals surface area (Å²) in [6.45, 7) is 1.45. The number of hydrogen-bond acceptors (Lipinski definition) is 6. The topological polar surface area (TPSA) is 105 Å². The molecular formula is C34H35N3O6S. The van der Waals surface area contributed by atoms with Gasteiger partial charge in [0.2, 0.25) is 15.9 Å². The molecule has 1 saturated heterocycles. The lowest BCUT2D eigenvalue weighted by molar-refractivity contribution is -0.143. The SMILES string of the molecule is O=C(NCc1ccccc1)[C@H](c1ccccc1)N(Cc1ccccc1)C(=O)COc1ccc(S(=O)(=O)N2CCOCC2)cc1. The molecule has 44 heavy (non-hydrogen) atoms. The summed E-state index contributed by atoms with van der Waals surface area (Å²) in [6, 6.07) is 33.3. The molecule has 5 rings (SSSR count). The minimum absolute atomic E-state index is 0.142. The van der Waals surface area contributed by atoms with E-state index in [1.807, 2.05) is 91.0 Å². The zero-order chi connectivity index (χ0) is 30.8. The van der Waals surface area contributed by atoms with Crippen LogP contribution in [0.2, 0.25) is 0 Å². The zero-order valence-electron chi connectivity index (χ0n) is 24.2. The molecule has 1 atom stereocenters. The summed E-state index contributed by atoms with van der Waals surface area (Å²) < 4.78 is 38.5. The number of carbonyl (C=O) groups is 2. The molecule has 0 aromatic heterocycles. The van der Waals surface area contributed by atoms with E-state index in [2.05, 4.69) is 5.32 Å². The number of rotatable bonds is 12. The number of morpholine rings is 1. The Morgan fingerprint density at radius 1 is 0.795 bits per heavy atom. The van der Waals surface area contributed by atoms with Gasteiger partial charge in [-0.15, -0.1) is 0 Å². The number of ether oxygens (including phenoxy) is 2. The summed E-state index contributed by atoms with van der Waals surface area (Å²) in [6.07, 6.45) is 0. The Kier molecular flexibility index (Phi) is 10.4. The highest BCUT2D eigenvalue weighted by molar-refractivity contribution is 7.89. The van der Waals surface area contributed by atoms with E-state index in [0.717, 1.165) is 11.1 Å². The molecular weight excluding hydrogens is 578 g/mol. The Balaban J connectivity index is 1.35. The molecule has 0 bridgehead atoms. The van der Waals surface area contributed by atoms with E-state index in [9.17, 15) is 18.0 Å². The average molecular weight is 614 g/mol. The molecule has 0 radical (unpaired) electrons. The fourth-order valence-electron chi connectivity index (χ4n) is 4.97. The van der Waals surface area contributed by atoms with Crippen LogP contribution in [0, 0.1) is 0 Å². The van der Waals surface area contributed by atoms with Crippen LogP contribution in [0.3, 0.4) is 0 Å². The number of benzene rings is 4. The third-order valence-electron chi connectivity index (χ3n) is 7.29. The number of nitrogens with zero attached hydrogens (tertiary/aromatic N) is 2. The first kappa shape index (κ1) is 30.9. The van der Waals surface area contributed by atoms with Crippen molar-refractivity contribution in [3.05, 3.63) is 132 Å². The third-order valence-corrected chi connectivity index (χ3v) is 9.21. The standard InChI is InChI=1S/C34H35N3O6S/c38-32(26-43-30-16-18-31(19-17-30)44(40,41)36-20-22-42-23-21-36)37(25-28-12-6-2-7-13-28)33(29-14-8-3-9-15-29)34(39)35-24-27-10-4-1-5-11-27/h1-19,33H,20-26H2,(H,35,39)/t33-/m0/s1. The quantitative estimate of drug-likeness (QED) is 0.257. The van der Waals surface area contributed by atoms with E-state index < -0.39 is 22.0 Å². The summed E-state index contributed by atoms with van der Waals surface area (Å²) in [7, 11) is -3.66. The van der Waals surface area contributed by atoms with Gasteiger partial charge >= 0.3 is 0 Å². The lowest BCUT2D eigenvalue weighted by Gasteiger charge is -2.31. The second kappa shape index (κ2) is 14.8. The molecule has 2 amide bonds. The van der Waals surface area contributed by atoms with Crippen LogP contribution >= 0.6 is 0 Å². The maximum absolute atomic E-state index is 13.9. The van der Waals surface area contributed by atoms with Gasteiger partial charge in [-0.2, -0.15) is 4.31 Å². The first-order chi connectivity index (χ1) is 21.4. The Bertz CT molecular complexity index is 1610. The molecule has 9 nitrogen and oxygen atoms in total. The van der Waals surface area contributed by atoms with Gasteiger partial charge < -0.3 is 19.7 Å². The van der Waals surface area contributed by atoms with Crippen molar-refractivity contribution in [2.45, 2.75) is 24.0 Å². The van der Waals surface area contributed by atoms with Crippen molar-refractivity contribution in [1.29, 1.82) is 0 Å². The summed E-state index contributed by atoms with van der Waals surface area (Å²) in [5.41, 5.74) is 2.46. The monoisotopic (exact) mass is 613 g/mol. The maximum Gasteiger partial charge on any atom is 0.261 e. The highest BCUT2D eigenvalue weighted by Gasteiger charge is 2.32. The molecule has 1 aliphatic heterocycles. The fraction of sp³-hybridized carbons (Fsp3) is 0.235. The number of amides is 2. The van der Waals surface area contributed by atoms with Crippen molar-refractivity contribution < 1.29 is 27.5 Å². The van der Waals surface area contributed by atoms with Crippen LogP contribution < -0.4 is 10.1 Å². The summed E-state index contributed by atoms with van der Waals surface area (Å²) in [5.74, 6) is -0.381. The minimum Gasteiger partial charge on any atom is -0.484 e. The number of nitrogens with one attached hydrogen (secondary N) is 1. The van der Waals surface area contributed by atoms with Crippen molar-refractivity contribution in [3.63, 3.8) is 0 Å². The van der Waals surface area contributed by atoms with Gasteiger partial charge in [0.15, 0.2) is 6.61 Å². The predicted molar refractivity (Wildman–Crippen MR) is 166 cm³/mol. The van der Waals surface area contributed by atoms with Crippen molar-refractivity contribution in [2.75, 3.05) is 32.9 Å². The Morgan fingerprint density at radius 3 is 1.98 bits per heavy atom. The van der Waals surface area contributed by atoms with E-state index in [4.69, 9.17) is 9.47 Å². The maximum atomic E-state index is 13.9. The molecule has 1 N–H and O–H groups in total. The predicted octanol–water partition coefficient (Wildman–Crippen LogP) is 4.17. The Morgan fingerprint density at radius 2 is 1.36 bits per heavy atom. The summed E-state index contributed by atoms with van der Waals surface area (Å²) in [4.78, 5) is 29.3. The molecule has 0 aliphatic carbocycles. The molecule has 228 valence electrons. The van der Waals surface area contributed by atoms with Crippen LogP contribution in [0.1, 0.15) is 22.7 Å². The first-order valence-electron chi connectivity index (χ1n) is 14.4. The van der Waals surface area contributed by atoms with E-state index in [1.165, 1.54) is 33.5 Å². The Labute approximate surface area is 258 Å². The van der Waals surface area contributed by atoms with Gasteiger partial charge in [-0.25, -0.2) is 8.42 Å². The second-order valence-corrected chi connectivity index (χ2v) is 12.2. The van der Waals surface area contributed by atoms with Crippen molar-refractivity contribution in [2.24, 2.45) is 0 Å². The van der Waals surface area contributed by atoms with Gasteiger partial charge in [-0.3, -0.25) is 9.59 Å². The minimum atomic E-state index is -3.66. The van der Waals surface area contributed by atoms with Crippen molar-refractivity contribution >= 4 is 21.8 Å². The first-order valence-corrected chi connectivity index (χ1v) is 15.9. The Hall–Kier alpha value is -4.51. The lowest BCUT2D eigenvalue weighted by Crippen LogP contribution is -2.45. The van der Waals surface area contributed by atoms with Gasteiger partial charge in [-0.1, -0.05) is 91.0 Å². The highest BCUT2D eigenvalue weighted by atomic mass is 32.2. The van der Waals surface area contributed by atoms with Crippen LogP contribution in [-0.4, -0.2) is 62.3 Å². The van der Waals surface area contributed by atoms with E-state index >= 15 is 0 Å². The van der Waals surface area contributed by atoms with Gasteiger partial charge in [0.25, 0.3) is 5.91 Å². The van der Waals surface area contributed by atoms with Gasteiger partial charge in [0.1, 0.15) is 11.8 Å². The largest absolute Gasteiger partial charge is 0.484 e. The molecule has 1 aliphatic rings. The van der Waals surface area contributed by atoms with Crippen LogP contribution in [-0.2, 0) is 37.4 Å². The number of carbonyl (C=O) groups excluding carboxylic acids is 2. The van der Waals surface area contributed by atoms with E-state index in [1.54, 1.807) is 0 Å². The summed E-state index contributed by atoms with van der Waals surface area (Å²) in [5, 5.41) is 3.00. The molecule has 10 heteroatoms. The molecule has 0 spiro atoms. The molecule has 1 fully saturated rings. The van der Waals surface area contributed by atoms with Crippen LogP contribution in [0.4, 0.5) is 0 Å². The van der Waals surface area contributed by atoms with Crippen LogP contribution in [0.15, 0.2) is 120 Å².